The molecule has 0 radical (unpaired) electrons. The second kappa shape index (κ2) is 5.50. The molecule has 0 amide bonds. The number of nitro groups is 1. The smallest absolute Gasteiger partial charge is 0.274 e. The Kier molecular flexibility index (Phi) is 3.72. The lowest BCUT2D eigenvalue weighted by Crippen LogP contribution is -2.40. The second-order valence-electron chi connectivity index (χ2n) is 5.84. The number of para-hydroxylation sites is 1. The van der Waals surface area contributed by atoms with Crippen molar-refractivity contribution in [3.8, 4) is 0 Å². The highest BCUT2D eigenvalue weighted by Gasteiger charge is 2.37. The molecular formula is C15H21N3O2. The van der Waals surface area contributed by atoms with Gasteiger partial charge in [0.15, 0.2) is 0 Å². The Balaban J connectivity index is 1.73. The number of nitro benzene ring substituents is 1. The van der Waals surface area contributed by atoms with Crippen LogP contribution in [0.4, 0.5) is 5.69 Å². The van der Waals surface area contributed by atoms with Crippen molar-refractivity contribution in [2.75, 3.05) is 13.1 Å². The minimum atomic E-state index is -0.288. The molecule has 20 heavy (non-hydrogen) atoms. The van der Waals surface area contributed by atoms with Crippen molar-refractivity contribution in [1.29, 1.82) is 0 Å². The molecule has 0 aliphatic carbocycles. The number of fused-ring (bicyclic) bond motifs is 1. The van der Waals surface area contributed by atoms with Gasteiger partial charge < -0.3 is 5.32 Å². The molecular weight excluding hydrogens is 254 g/mol. The van der Waals surface area contributed by atoms with Crippen molar-refractivity contribution < 1.29 is 4.92 Å². The first kappa shape index (κ1) is 13.5. The Morgan fingerprint density at radius 3 is 2.95 bits per heavy atom. The summed E-state index contributed by atoms with van der Waals surface area (Å²) in [6, 6.07) is 8.15. The standard InChI is InChI=1S/C15H21N3O2/c1-11(12-5-2-3-6-14(12)18(19)20)16-13-8-10-17-9-4-7-15(13)17/h2-3,5-6,11,13,15-16H,4,7-10H2,1H3. The highest BCUT2D eigenvalue weighted by atomic mass is 16.6. The molecule has 0 saturated carbocycles. The zero-order chi connectivity index (χ0) is 14.1. The Morgan fingerprint density at radius 1 is 1.35 bits per heavy atom. The number of hydrogen-bond acceptors (Lipinski definition) is 4. The van der Waals surface area contributed by atoms with Crippen LogP contribution in [-0.2, 0) is 0 Å². The van der Waals surface area contributed by atoms with Gasteiger partial charge in [-0.25, -0.2) is 0 Å². The van der Waals surface area contributed by atoms with Crippen molar-refractivity contribution in [1.82, 2.24) is 10.2 Å². The topological polar surface area (TPSA) is 58.4 Å². The third-order valence-corrected chi connectivity index (χ3v) is 4.67. The Hall–Kier alpha value is -1.46. The molecule has 3 atom stereocenters. The lowest BCUT2D eigenvalue weighted by Gasteiger charge is -2.25. The van der Waals surface area contributed by atoms with Crippen molar-refractivity contribution in [2.45, 2.75) is 44.3 Å². The highest BCUT2D eigenvalue weighted by Crippen LogP contribution is 2.31. The van der Waals surface area contributed by atoms with E-state index in [1.807, 2.05) is 19.1 Å². The molecule has 0 spiro atoms. The molecule has 2 aliphatic heterocycles. The number of rotatable bonds is 4. The van der Waals surface area contributed by atoms with Gasteiger partial charge in [0, 0.05) is 36.3 Å². The summed E-state index contributed by atoms with van der Waals surface area (Å²) in [5.41, 5.74) is 1.00. The molecule has 2 aliphatic rings. The number of nitrogens with zero attached hydrogens (tertiary/aromatic N) is 2. The zero-order valence-corrected chi connectivity index (χ0v) is 11.8. The van der Waals surface area contributed by atoms with Crippen LogP contribution < -0.4 is 5.32 Å². The summed E-state index contributed by atoms with van der Waals surface area (Å²) in [4.78, 5) is 13.4. The third kappa shape index (κ3) is 2.43. The lowest BCUT2D eigenvalue weighted by molar-refractivity contribution is -0.385. The molecule has 1 aromatic rings. The van der Waals surface area contributed by atoms with Crippen molar-refractivity contribution in [3.05, 3.63) is 39.9 Å². The quantitative estimate of drug-likeness (QED) is 0.677. The van der Waals surface area contributed by atoms with Crippen LogP contribution in [0.25, 0.3) is 0 Å². The first-order chi connectivity index (χ1) is 9.66. The van der Waals surface area contributed by atoms with E-state index in [-0.39, 0.29) is 16.7 Å². The molecule has 2 fully saturated rings. The summed E-state index contributed by atoms with van der Waals surface area (Å²) >= 11 is 0. The average molecular weight is 275 g/mol. The fourth-order valence-corrected chi connectivity index (χ4v) is 3.71. The van der Waals surface area contributed by atoms with Crippen molar-refractivity contribution in [3.63, 3.8) is 0 Å². The predicted molar refractivity (Wildman–Crippen MR) is 77.6 cm³/mol. The van der Waals surface area contributed by atoms with E-state index < -0.39 is 0 Å². The average Bonchev–Trinajstić information content (AvgIpc) is 3.03. The Labute approximate surface area is 119 Å². The van der Waals surface area contributed by atoms with Crippen LogP contribution in [-0.4, -0.2) is 35.0 Å². The Morgan fingerprint density at radius 2 is 2.15 bits per heavy atom. The fraction of sp³-hybridized carbons (Fsp3) is 0.600. The van der Waals surface area contributed by atoms with E-state index in [0.717, 1.165) is 18.5 Å². The summed E-state index contributed by atoms with van der Waals surface area (Å²) in [5, 5.41) is 14.7. The van der Waals surface area contributed by atoms with Crippen LogP contribution >= 0.6 is 0 Å². The van der Waals surface area contributed by atoms with Gasteiger partial charge in [-0.15, -0.1) is 0 Å². The molecule has 0 bridgehead atoms. The maximum atomic E-state index is 11.1. The molecule has 108 valence electrons. The molecule has 3 rings (SSSR count). The monoisotopic (exact) mass is 275 g/mol. The molecule has 5 heteroatoms. The largest absolute Gasteiger partial charge is 0.306 e. The molecule has 5 nitrogen and oxygen atoms in total. The zero-order valence-electron chi connectivity index (χ0n) is 11.8. The van der Waals surface area contributed by atoms with Gasteiger partial charge in [-0.2, -0.15) is 0 Å². The summed E-state index contributed by atoms with van der Waals surface area (Å²) < 4.78 is 0. The normalized spacial score (nSPS) is 27.4. The van der Waals surface area contributed by atoms with E-state index >= 15 is 0 Å². The molecule has 1 aromatic carbocycles. The van der Waals surface area contributed by atoms with E-state index in [2.05, 4.69) is 10.2 Å². The van der Waals surface area contributed by atoms with Crippen LogP contribution in [0.3, 0.4) is 0 Å². The summed E-state index contributed by atoms with van der Waals surface area (Å²) in [6.07, 6.45) is 3.68. The highest BCUT2D eigenvalue weighted by molar-refractivity contribution is 5.41. The van der Waals surface area contributed by atoms with Gasteiger partial charge in [-0.05, 0) is 32.7 Å². The van der Waals surface area contributed by atoms with E-state index in [4.69, 9.17) is 0 Å². The van der Waals surface area contributed by atoms with Gasteiger partial charge in [0.2, 0.25) is 0 Å². The van der Waals surface area contributed by atoms with Crippen LogP contribution in [0.5, 0.6) is 0 Å². The van der Waals surface area contributed by atoms with Crippen LogP contribution in [0.2, 0.25) is 0 Å². The van der Waals surface area contributed by atoms with Crippen molar-refractivity contribution >= 4 is 5.69 Å². The molecule has 1 N–H and O–H groups in total. The van der Waals surface area contributed by atoms with E-state index in [9.17, 15) is 10.1 Å². The van der Waals surface area contributed by atoms with Crippen LogP contribution in [0.15, 0.2) is 24.3 Å². The minimum Gasteiger partial charge on any atom is -0.306 e. The second-order valence-corrected chi connectivity index (χ2v) is 5.84. The van der Waals surface area contributed by atoms with Gasteiger partial charge in [0.25, 0.3) is 5.69 Å². The predicted octanol–water partition coefficient (Wildman–Crippen LogP) is 2.48. The number of benzene rings is 1. The maximum Gasteiger partial charge on any atom is 0.274 e. The van der Waals surface area contributed by atoms with Crippen molar-refractivity contribution in [2.24, 2.45) is 0 Å². The van der Waals surface area contributed by atoms with Gasteiger partial charge in [0.1, 0.15) is 0 Å². The first-order valence-electron chi connectivity index (χ1n) is 7.40. The molecule has 2 heterocycles. The number of nitrogens with one attached hydrogen (secondary N) is 1. The van der Waals surface area contributed by atoms with Gasteiger partial charge in [-0.3, -0.25) is 15.0 Å². The summed E-state index contributed by atoms with van der Waals surface area (Å²) in [5.74, 6) is 0. The Bertz CT molecular complexity index is 506. The van der Waals surface area contributed by atoms with Gasteiger partial charge >= 0.3 is 0 Å². The molecule has 0 aromatic heterocycles. The number of hydrogen-bond donors (Lipinski definition) is 1. The van der Waals surface area contributed by atoms with E-state index in [0.29, 0.717) is 12.1 Å². The van der Waals surface area contributed by atoms with Crippen LogP contribution in [0.1, 0.15) is 37.8 Å². The van der Waals surface area contributed by atoms with Crippen LogP contribution in [0, 0.1) is 10.1 Å². The first-order valence-corrected chi connectivity index (χ1v) is 7.40. The fourth-order valence-electron chi connectivity index (χ4n) is 3.71. The third-order valence-electron chi connectivity index (χ3n) is 4.67. The minimum absolute atomic E-state index is 0.0159. The summed E-state index contributed by atoms with van der Waals surface area (Å²) in [7, 11) is 0. The molecule has 2 saturated heterocycles. The summed E-state index contributed by atoms with van der Waals surface area (Å²) in [6.45, 7) is 4.40. The molecule has 3 unspecified atom stereocenters. The SMILES string of the molecule is CC(NC1CCN2CCCC12)c1ccccc1[N+](=O)[O-]. The van der Waals surface area contributed by atoms with E-state index in [1.54, 1.807) is 12.1 Å². The van der Waals surface area contributed by atoms with Gasteiger partial charge in [0.05, 0.1) is 4.92 Å². The van der Waals surface area contributed by atoms with Gasteiger partial charge in [-0.1, -0.05) is 18.2 Å². The lowest BCUT2D eigenvalue weighted by atomic mass is 10.0. The maximum absolute atomic E-state index is 11.1. The van der Waals surface area contributed by atoms with E-state index in [1.165, 1.54) is 19.4 Å².